The summed E-state index contributed by atoms with van der Waals surface area (Å²) in [5.41, 5.74) is 0.698. The fraction of sp³-hybridized carbons (Fsp3) is 0.235. The fourth-order valence-corrected chi connectivity index (χ4v) is 3.34. The lowest BCUT2D eigenvalue weighted by atomic mass is 10.2. The normalized spacial score (nSPS) is 12.4. The Hall–Kier alpha value is -2.54. The van der Waals surface area contributed by atoms with Crippen LogP contribution in [0.3, 0.4) is 0 Å². The zero-order valence-corrected chi connectivity index (χ0v) is 14.3. The van der Waals surface area contributed by atoms with E-state index in [9.17, 15) is 13.2 Å². The maximum atomic E-state index is 12.7. The van der Waals surface area contributed by atoms with Crippen molar-refractivity contribution in [3.05, 3.63) is 54.1 Å². The topological polar surface area (TPSA) is 95.5 Å². The smallest absolute Gasteiger partial charge is 0.335 e. The Morgan fingerprint density at radius 3 is 2.42 bits per heavy atom. The number of anilines is 2. The van der Waals surface area contributed by atoms with Crippen molar-refractivity contribution in [3.63, 3.8) is 0 Å². The molecule has 0 spiro atoms. The molecule has 24 heavy (non-hydrogen) atoms. The highest BCUT2D eigenvalue weighted by atomic mass is 32.2. The quantitative estimate of drug-likeness (QED) is 0.713. The number of carbonyl (C=O) groups is 1. The molecule has 0 saturated heterocycles. The third-order valence-electron chi connectivity index (χ3n) is 3.56. The van der Waals surface area contributed by atoms with Crippen LogP contribution in [-0.2, 0) is 10.0 Å². The van der Waals surface area contributed by atoms with Crippen LogP contribution in [0.15, 0.2) is 53.4 Å². The number of sulfonamides is 1. The van der Waals surface area contributed by atoms with Crippen molar-refractivity contribution in [1.82, 2.24) is 0 Å². The van der Waals surface area contributed by atoms with Crippen LogP contribution in [0, 0.1) is 0 Å². The summed E-state index contributed by atoms with van der Waals surface area (Å²) < 4.78 is 27.9. The van der Waals surface area contributed by atoms with Gasteiger partial charge in [0, 0.05) is 11.7 Å². The minimum Gasteiger partial charge on any atom is -0.478 e. The van der Waals surface area contributed by atoms with E-state index in [1.165, 1.54) is 18.2 Å². The van der Waals surface area contributed by atoms with Crippen molar-refractivity contribution < 1.29 is 18.3 Å². The number of nitrogens with one attached hydrogen (secondary N) is 2. The van der Waals surface area contributed by atoms with Crippen molar-refractivity contribution in [2.75, 3.05) is 10.0 Å². The second-order valence-corrected chi connectivity index (χ2v) is 7.09. The SMILES string of the molecule is CC[C@@H](C)Nc1ccc(C(=O)O)cc1S(=O)(=O)Nc1ccccc1. The van der Waals surface area contributed by atoms with Gasteiger partial charge in [-0.3, -0.25) is 4.72 Å². The predicted molar refractivity (Wildman–Crippen MR) is 94.0 cm³/mol. The van der Waals surface area contributed by atoms with Crippen LogP contribution >= 0.6 is 0 Å². The summed E-state index contributed by atoms with van der Waals surface area (Å²) in [7, 11) is -3.93. The zero-order chi connectivity index (χ0) is 17.7. The second-order valence-electron chi connectivity index (χ2n) is 5.44. The van der Waals surface area contributed by atoms with E-state index in [1.807, 2.05) is 13.8 Å². The van der Waals surface area contributed by atoms with Crippen molar-refractivity contribution in [1.29, 1.82) is 0 Å². The van der Waals surface area contributed by atoms with Crippen LogP contribution in [0.1, 0.15) is 30.6 Å². The first-order chi connectivity index (χ1) is 11.3. The molecule has 0 aliphatic carbocycles. The molecule has 0 fully saturated rings. The Balaban J connectivity index is 2.47. The van der Waals surface area contributed by atoms with Crippen molar-refractivity contribution in [2.45, 2.75) is 31.2 Å². The summed E-state index contributed by atoms with van der Waals surface area (Å²) in [5, 5.41) is 12.3. The molecule has 0 radical (unpaired) electrons. The molecule has 1 atom stereocenters. The molecule has 128 valence electrons. The van der Waals surface area contributed by atoms with Gasteiger partial charge in [0.1, 0.15) is 4.90 Å². The number of para-hydroxylation sites is 1. The lowest BCUT2D eigenvalue weighted by Gasteiger charge is -2.18. The largest absolute Gasteiger partial charge is 0.478 e. The Labute approximate surface area is 141 Å². The first-order valence-electron chi connectivity index (χ1n) is 7.55. The molecule has 0 saturated carbocycles. The third-order valence-corrected chi connectivity index (χ3v) is 4.98. The van der Waals surface area contributed by atoms with Gasteiger partial charge in [0.05, 0.1) is 11.3 Å². The summed E-state index contributed by atoms with van der Waals surface area (Å²) >= 11 is 0. The van der Waals surface area contributed by atoms with Gasteiger partial charge in [-0.05, 0) is 43.7 Å². The molecule has 3 N–H and O–H groups in total. The number of benzene rings is 2. The van der Waals surface area contributed by atoms with Gasteiger partial charge in [-0.25, -0.2) is 13.2 Å². The molecule has 0 unspecified atom stereocenters. The summed E-state index contributed by atoms with van der Waals surface area (Å²) in [4.78, 5) is 11.1. The van der Waals surface area contributed by atoms with E-state index in [1.54, 1.807) is 30.3 Å². The Morgan fingerprint density at radius 1 is 1.17 bits per heavy atom. The Bertz CT molecular complexity index is 820. The molecular weight excluding hydrogens is 328 g/mol. The van der Waals surface area contributed by atoms with Crippen LogP contribution < -0.4 is 10.0 Å². The maximum absolute atomic E-state index is 12.7. The van der Waals surface area contributed by atoms with Gasteiger partial charge in [-0.15, -0.1) is 0 Å². The highest BCUT2D eigenvalue weighted by Crippen LogP contribution is 2.26. The van der Waals surface area contributed by atoms with Crippen molar-refractivity contribution >= 4 is 27.4 Å². The van der Waals surface area contributed by atoms with Crippen LogP contribution in [0.2, 0.25) is 0 Å². The molecule has 2 aromatic carbocycles. The van der Waals surface area contributed by atoms with Crippen molar-refractivity contribution in [3.8, 4) is 0 Å². The maximum Gasteiger partial charge on any atom is 0.335 e. The van der Waals surface area contributed by atoms with E-state index in [0.29, 0.717) is 11.4 Å². The van der Waals surface area contributed by atoms with Crippen LogP contribution in [0.25, 0.3) is 0 Å². The van der Waals surface area contributed by atoms with Crippen LogP contribution in [0.4, 0.5) is 11.4 Å². The predicted octanol–water partition coefficient (Wildman–Crippen LogP) is 3.40. The minimum absolute atomic E-state index is 0.0475. The molecule has 0 heterocycles. The molecule has 0 bridgehead atoms. The summed E-state index contributed by atoms with van der Waals surface area (Å²) in [6, 6.07) is 12.5. The van der Waals surface area contributed by atoms with E-state index in [0.717, 1.165) is 6.42 Å². The van der Waals surface area contributed by atoms with Gasteiger partial charge < -0.3 is 10.4 Å². The minimum atomic E-state index is -3.93. The van der Waals surface area contributed by atoms with Gasteiger partial charge in [-0.1, -0.05) is 25.1 Å². The van der Waals surface area contributed by atoms with E-state index in [2.05, 4.69) is 10.0 Å². The average molecular weight is 348 g/mol. The molecule has 7 heteroatoms. The standard InChI is InChI=1S/C17H20N2O4S/c1-3-12(2)18-15-10-9-13(17(20)21)11-16(15)24(22,23)19-14-7-5-4-6-8-14/h4-12,18-19H,3H2,1-2H3,(H,20,21)/t12-/m1/s1. The molecule has 0 amide bonds. The highest BCUT2D eigenvalue weighted by molar-refractivity contribution is 7.92. The van der Waals surface area contributed by atoms with Crippen LogP contribution in [-0.4, -0.2) is 25.5 Å². The molecule has 0 aliphatic rings. The number of hydrogen-bond acceptors (Lipinski definition) is 4. The van der Waals surface area contributed by atoms with Gasteiger partial charge in [0.2, 0.25) is 0 Å². The molecule has 0 aromatic heterocycles. The zero-order valence-electron chi connectivity index (χ0n) is 13.5. The summed E-state index contributed by atoms with van der Waals surface area (Å²) in [6.07, 6.45) is 0.798. The average Bonchev–Trinajstić information content (AvgIpc) is 2.55. The van der Waals surface area contributed by atoms with E-state index < -0.39 is 16.0 Å². The van der Waals surface area contributed by atoms with E-state index in [4.69, 9.17) is 5.11 Å². The summed E-state index contributed by atoms with van der Waals surface area (Å²) in [5.74, 6) is -1.18. The number of carboxylic acid groups (broad SMARTS) is 1. The number of aromatic carboxylic acids is 1. The summed E-state index contributed by atoms with van der Waals surface area (Å²) in [6.45, 7) is 3.89. The van der Waals surface area contributed by atoms with Crippen LogP contribution in [0.5, 0.6) is 0 Å². The molecular formula is C17H20N2O4S. The number of hydrogen-bond donors (Lipinski definition) is 3. The van der Waals surface area contributed by atoms with Gasteiger partial charge in [-0.2, -0.15) is 0 Å². The lowest BCUT2D eigenvalue weighted by Crippen LogP contribution is -2.20. The monoisotopic (exact) mass is 348 g/mol. The molecule has 6 nitrogen and oxygen atoms in total. The van der Waals surface area contributed by atoms with E-state index in [-0.39, 0.29) is 16.5 Å². The van der Waals surface area contributed by atoms with Gasteiger partial charge in [0.15, 0.2) is 0 Å². The van der Waals surface area contributed by atoms with Gasteiger partial charge >= 0.3 is 5.97 Å². The van der Waals surface area contributed by atoms with E-state index >= 15 is 0 Å². The van der Waals surface area contributed by atoms with Crippen molar-refractivity contribution in [2.24, 2.45) is 0 Å². The molecule has 2 aromatic rings. The molecule has 0 aliphatic heterocycles. The first kappa shape index (κ1) is 17.8. The number of rotatable bonds is 7. The Morgan fingerprint density at radius 2 is 1.83 bits per heavy atom. The number of carboxylic acids is 1. The fourth-order valence-electron chi connectivity index (χ4n) is 2.08. The molecule has 2 rings (SSSR count). The van der Waals surface area contributed by atoms with Gasteiger partial charge in [0.25, 0.3) is 10.0 Å². The Kier molecular flexibility index (Phi) is 5.46. The second kappa shape index (κ2) is 7.35. The third kappa shape index (κ3) is 4.26. The lowest BCUT2D eigenvalue weighted by molar-refractivity contribution is 0.0696. The first-order valence-corrected chi connectivity index (χ1v) is 9.03. The highest BCUT2D eigenvalue weighted by Gasteiger charge is 2.21.